The van der Waals surface area contributed by atoms with Gasteiger partial charge in [-0.15, -0.1) is 0 Å². The van der Waals surface area contributed by atoms with Gasteiger partial charge in [-0.05, 0) is 55.4 Å². The maximum atomic E-state index is 11.6. The maximum Gasteiger partial charge on any atom is 0.391 e. The minimum Gasteiger partial charge on any atom is -0.266 e. The predicted molar refractivity (Wildman–Crippen MR) is 39.6 cm³/mol. The molecule has 0 aliphatic carbocycles. The third-order valence-electron chi connectivity index (χ3n) is 0.863. The second-order valence-electron chi connectivity index (χ2n) is 2.10. The standard InChI is InChI=1S/C3H7F3O13Si/c4-3(5,6)1-2-7-8-9-10-11-12-13-14-15-16-17-18-19-20/h1-2H2,20H3. The Labute approximate surface area is 109 Å². The Hall–Kier alpha value is -0.513. The van der Waals surface area contributed by atoms with Crippen LogP contribution in [0.4, 0.5) is 13.2 Å². The lowest BCUT2D eigenvalue weighted by Crippen LogP contribution is -2.12. The first-order chi connectivity index (χ1) is 9.56. The van der Waals surface area contributed by atoms with Gasteiger partial charge in [0, 0.05) is 0 Å². The normalized spacial score (nSPS) is 12.2. The quantitative estimate of drug-likeness (QED) is 0.174. The highest BCUT2D eigenvalue weighted by Crippen LogP contribution is 2.18. The van der Waals surface area contributed by atoms with Gasteiger partial charge < -0.3 is 0 Å². The van der Waals surface area contributed by atoms with E-state index in [4.69, 9.17) is 0 Å². The minimum absolute atomic E-state index is 0.200. The lowest BCUT2D eigenvalue weighted by molar-refractivity contribution is -0.868. The molecule has 0 spiro atoms. The summed E-state index contributed by atoms with van der Waals surface area (Å²) in [6, 6.07) is 0. The Balaban J connectivity index is 2.99. The van der Waals surface area contributed by atoms with Crippen molar-refractivity contribution in [3.05, 3.63) is 0 Å². The van der Waals surface area contributed by atoms with Crippen LogP contribution in [0, 0.1) is 0 Å². The zero-order valence-corrected chi connectivity index (χ0v) is 11.4. The highest BCUT2D eigenvalue weighted by atomic mass is 28.2. The average molecular weight is 336 g/mol. The first-order valence-electron chi connectivity index (χ1n) is 4.12. The van der Waals surface area contributed by atoms with E-state index in [2.05, 4.69) is 64.9 Å². The molecule has 0 saturated heterocycles. The molecule has 13 nitrogen and oxygen atoms in total. The molecule has 0 fully saturated rings. The fourth-order valence-corrected chi connectivity index (χ4v) is 0.396. The highest BCUT2D eigenvalue weighted by molar-refractivity contribution is 5.97. The van der Waals surface area contributed by atoms with Crippen LogP contribution in [0.15, 0.2) is 0 Å². The molecule has 0 rings (SSSR count). The Morgan fingerprint density at radius 1 is 0.650 bits per heavy atom. The van der Waals surface area contributed by atoms with E-state index in [0.29, 0.717) is 0 Å². The first-order valence-corrected chi connectivity index (χ1v) is 4.93. The Kier molecular flexibility index (Phi) is 13.1. The van der Waals surface area contributed by atoms with Crippen LogP contribution in [0.2, 0.25) is 0 Å². The second kappa shape index (κ2) is 13.5. The van der Waals surface area contributed by atoms with Gasteiger partial charge in [0.1, 0.15) is 0 Å². The number of halogens is 3. The van der Waals surface area contributed by atoms with E-state index in [1.165, 1.54) is 0 Å². The van der Waals surface area contributed by atoms with Gasteiger partial charge in [0.15, 0.2) is 10.5 Å². The summed E-state index contributed by atoms with van der Waals surface area (Å²) in [6.45, 7) is -0.843. The van der Waals surface area contributed by atoms with Crippen LogP contribution in [0.5, 0.6) is 0 Å². The number of hydrogen-bond donors (Lipinski definition) is 0. The van der Waals surface area contributed by atoms with Gasteiger partial charge in [-0.1, -0.05) is 0 Å². The summed E-state index contributed by atoms with van der Waals surface area (Å²) in [7, 11) is 0.200. The Morgan fingerprint density at radius 2 is 1.05 bits per heavy atom. The Bertz CT molecular complexity index is 204. The van der Waals surface area contributed by atoms with Crippen molar-refractivity contribution in [1.29, 1.82) is 0 Å². The van der Waals surface area contributed by atoms with Gasteiger partial charge in [0.2, 0.25) is 0 Å². The van der Waals surface area contributed by atoms with Crippen molar-refractivity contribution in [3.63, 3.8) is 0 Å². The lowest BCUT2D eigenvalue weighted by Gasteiger charge is -2.04. The van der Waals surface area contributed by atoms with Crippen LogP contribution >= 0.6 is 0 Å². The number of rotatable bonds is 14. The molecule has 0 N–H and O–H groups in total. The van der Waals surface area contributed by atoms with Gasteiger partial charge in [-0.25, -0.2) is 4.89 Å². The zero-order chi connectivity index (χ0) is 15.1. The van der Waals surface area contributed by atoms with E-state index < -0.39 is 19.2 Å². The number of alkyl halides is 3. The highest BCUT2D eigenvalue weighted by Gasteiger charge is 2.26. The molecule has 0 radical (unpaired) electrons. The molecular weight excluding hydrogens is 329 g/mol. The van der Waals surface area contributed by atoms with Crippen LogP contribution < -0.4 is 0 Å². The third-order valence-corrected chi connectivity index (χ3v) is 0.999. The van der Waals surface area contributed by atoms with Crippen LogP contribution in [-0.4, -0.2) is 23.3 Å². The summed E-state index contributed by atoms with van der Waals surface area (Å²) >= 11 is 0. The van der Waals surface area contributed by atoms with Crippen molar-refractivity contribution in [2.24, 2.45) is 0 Å². The molecule has 0 heterocycles. The molecule has 0 aromatic carbocycles. The smallest absolute Gasteiger partial charge is 0.266 e. The predicted octanol–water partition coefficient (Wildman–Crippen LogP) is -0.585. The van der Waals surface area contributed by atoms with E-state index >= 15 is 0 Å². The van der Waals surface area contributed by atoms with Crippen molar-refractivity contribution in [1.82, 2.24) is 0 Å². The van der Waals surface area contributed by atoms with Gasteiger partial charge in [0.05, 0.1) is 13.0 Å². The van der Waals surface area contributed by atoms with E-state index in [1.807, 2.05) is 0 Å². The van der Waals surface area contributed by atoms with Crippen LogP contribution in [0.3, 0.4) is 0 Å². The maximum absolute atomic E-state index is 11.6. The molecule has 0 unspecified atom stereocenters. The summed E-state index contributed by atoms with van der Waals surface area (Å²) in [5.41, 5.74) is 0. The Morgan fingerprint density at radius 3 is 1.45 bits per heavy atom. The van der Waals surface area contributed by atoms with Crippen molar-refractivity contribution in [2.75, 3.05) is 6.61 Å². The van der Waals surface area contributed by atoms with Crippen molar-refractivity contribution in [3.8, 4) is 0 Å². The molecule has 0 bridgehead atoms. The fraction of sp³-hybridized carbons (Fsp3) is 1.00. The third kappa shape index (κ3) is 17.5. The van der Waals surface area contributed by atoms with Crippen molar-refractivity contribution >= 4 is 10.5 Å². The van der Waals surface area contributed by atoms with Crippen LogP contribution in [0.1, 0.15) is 6.42 Å². The van der Waals surface area contributed by atoms with Gasteiger partial charge in [0.25, 0.3) is 0 Å². The van der Waals surface area contributed by atoms with Crippen LogP contribution in [0.25, 0.3) is 0 Å². The zero-order valence-electron chi connectivity index (χ0n) is 9.36. The topological polar surface area (TPSA) is 120 Å². The average Bonchev–Trinajstić information content (AvgIpc) is 2.38. The summed E-state index contributed by atoms with van der Waals surface area (Å²) in [6.07, 6.45) is -5.67. The van der Waals surface area contributed by atoms with Crippen molar-refractivity contribution in [2.45, 2.75) is 12.6 Å². The van der Waals surface area contributed by atoms with Gasteiger partial charge in [-0.2, -0.15) is 13.2 Å². The molecule has 0 aliphatic heterocycles. The molecule has 0 amide bonds. The largest absolute Gasteiger partial charge is 0.391 e. The van der Waals surface area contributed by atoms with E-state index in [9.17, 15) is 13.2 Å². The molecule has 0 atom stereocenters. The molecule has 0 aliphatic rings. The molecule has 17 heteroatoms. The van der Waals surface area contributed by atoms with Gasteiger partial charge in [-0.3, -0.25) is 4.58 Å². The molecule has 0 saturated carbocycles. The molecular formula is C3H7F3O13Si. The molecule has 0 aromatic heterocycles. The van der Waals surface area contributed by atoms with E-state index in [-0.39, 0.29) is 10.5 Å². The monoisotopic (exact) mass is 336 g/mol. The first kappa shape index (κ1) is 19.5. The molecule has 122 valence electrons. The second-order valence-corrected chi connectivity index (χ2v) is 2.44. The van der Waals surface area contributed by atoms with E-state index in [1.54, 1.807) is 0 Å². The fourth-order valence-electron chi connectivity index (χ4n) is 0.341. The van der Waals surface area contributed by atoms with E-state index in [0.717, 1.165) is 0 Å². The molecule has 20 heavy (non-hydrogen) atoms. The molecule has 0 aromatic rings. The summed E-state index contributed by atoms with van der Waals surface area (Å²) in [5.74, 6) is 0. The van der Waals surface area contributed by atoms with Crippen molar-refractivity contribution < 1.29 is 78.1 Å². The van der Waals surface area contributed by atoms with Gasteiger partial charge >= 0.3 is 6.18 Å². The summed E-state index contributed by atoms with van der Waals surface area (Å²) in [5, 5.41) is 39.0. The SMILES string of the molecule is FC(F)(F)CCOOOOOOOOOOOOO[SiH3]. The lowest BCUT2D eigenvalue weighted by atomic mass is 10.5. The minimum atomic E-state index is -4.41. The number of hydrogen-bond acceptors (Lipinski definition) is 13. The van der Waals surface area contributed by atoms with Crippen LogP contribution in [-0.2, 0) is 64.9 Å². The summed E-state index contributed by atoms with van der Waals surface area (Å²) in [4.78, 5) is 3.83. The summed E-state index contributed by atoms with van der Waals surface area (Å²) < 4.78 is 38.7.